The van der Waals surface area contributed by atoms with E-state index in [0.29, 0.717) is 18.8 Å². The third-order valence-electron chi connectivity index (χ3n) is 3.02. The molecule has 2 aromatic rings. The van der Waals surface area contributed by atoms with Gasteiger partial charge in [0.15, 0.2) is 10.8 Å². The summed E-state index contributed by atoms with van der Waals surface area (Å²) in [5, 5.41) is 8.61. The maximum Gasteiger partial charge on any atom is 0.275 e. The number of aryl methyl sites for hydroxylation is 1. The fraction of sp³-hybridized carbons (Fsp3) is 0.455. The maximum absolute atomic E-state index is 12.1. The van der Waals surface area contributed by atoms with Gasteiger partial charge >= 0.3 is 0 Å². The van der Waals surface area contributed by atoms with E-state index in [2.05, 4.69) is 19.5 Å². The highest BCUT2D eigenvalue weighted by Gasteiger charge is 2.24. The molecule has 19 heavy (non-hydrogen) atoms. The second-order valence-corrected chi connectivity index (χ2v) is 5.79. The van der Waals surface area contributed by atoms with Crippen molar-refractivity contribution in [3.05, 3.63) is 22.1 Å². The highest BCUT2D eigenvalue weighted by atomic mass is 32.1. The summed E-state index contributed by atoms with van der Waals surface area (Å²) in [6.45, 7) is 5.03. The van der Waals surface area contributed by atoms with Crippen molar-refractivity contribution in [1.82, 2.24) is 19.5 Å². The molecule has 0 N–H and O–H groups in total. The van der Waals surface area contributed by atoms with E-state index in [1.807, 2.05) is 17.2 Å². The van der Waals surface area contributed by atoms with Crippen LogP contribution in [0.3, 0.4) is 0 Å². The molecule has 1 saturated heterocycles. The van der Waals surface area contributed by atoms with E-state index in [9.17, 15) is 4.79 Å². The van der Waals surface area contributed by atoms with Crippen LogP contribution >= 0.6 is 22.9 Å². The first-order chi connectivity index (χ1) is 9.24. The highest BCUT2D eigenvalue weighted by molar-refractivity contribution is 7.13. The molecule has 0 radical (unpaired) electrons. The number of rotatable bonds is 2. The van der Waals surface area contributed by atoms with Gasteiger partial charge in [-0.05, 0) is 18.5 Å². The van der Waals surface area contributed by atoms with Crippen molar-refractivity contribution in [2.75, 3.05) is 31.1 Å². The Bertz CT molecular complexity index is 559. The van der Waals surface area contributed by atoms with Crippen LogP contribution in [-0.2, 0) is 0 Å². The van der Waals surface area contributed by atoms with Gasteiger partial charge in [-0.25, -0.2) is 4.98 Å². The van der Waals surface area contributed by atoms with E-state index in [1.165, 1.54) is 11.5 Å². The molecule has 6 nitrogen and oxygen atoms in total. The Labute approximate surface area is 118 Å². The average molecular weight is 295 g/mol. The van der Waals surface area contributed by atoms with Crippen molar-refractivity contribution < 1.29 is 4.79 Å². The summed E-state index contributed by atoms with van der Waals surface area (Å²) >= 11 is 2.86. The highest BCUT2D eigenvalue weighted by Crippen LogP contribution is 2.21. The molecule has 0 bridgehead atoms. The van der Waals surface area contributed by atoms with Crippen LogP contribution in [0.25, 0.3) is 0 Å². The van der Waals surface area contributed by atoms with E-state index < -0.39 is 0 Å². The Kier molecular flexibility index (Phi) is 3.43. The summed E-state index contributed by atoms with van der Waals surface area (Å²) in [7, 11) is 0. The first kappa shape index (κ1) is 12.5. The SMILES string of the molecule is Cc1csc(N2CCN(C(=O)c3csnn3)CC2)n1. The third-order valence-corrected chi connectivity index (χ3v) is 4.55. The standard InChI is InChI=1S/C11H13N5OS2/c1-8-6-18-11(12-8)16-4-2-15(3-5-16)10(17)9-7-19-14-13-9/h6-7H,2-5H2,1H3. The summed E-state index contributed by atoms with van der Waals surface area (Å²) in [4.78, 5) is 20.6. The first-order valence-electron chi connectivity index (χ1n) is 5.97. The number of thiazole rings is 1. The van der Waals surface area contributed by atoms with Gasteiger partial charge in [0.25, 0.3) is 5.91 Å². The second-order valence-electron chi connectivity index (χ2n) is 4.34. The van der Waals surface area contributed by atoms with E-state index in [1.54, 1.807) is 16.7 Å². The van der Waals surface area contributed by atoms with Gasteiger partial charge in [-0.1, -0.05) is 4.49 Å². The Morgan fingerprint density at radius 3 is 2.63 bits per heavy atom. The predicted molar refractivity (Wildman–Crippen MR) is 74.9 cm³/mol. The molecule has 0 saturated carbocycles. The molecule has 1 aliphatic rings. The molecule has 100 valence electrons. The zero-order valence-corrected chi connectivity index (χ0v) is 12.1. The molecule has 0 unspecified atom stereocenters. The van der Waals surface area contributed by atoms with Crippen LogP contribution in [-0.4, -0.2) is 51.6 Å². The van der Waals surface area contributed by atoms with Crippen LogP contribution < -0.4 is 4.90 Å². The normalized spacial score (nSPS) is 15.8. The minimum absolute atomic E-state index is 0.0243. The summed E-state index contributed by atoms with van der Waals surface area (Å²) in [6, 6.07) is 0. The van der Waals surface area contributed by atoms with Gasteiger partial charge in [-0.15, -0.1) is 16.4 Å². The van der Waals surface area contributed by atoms with Crippen LogP contribution in [0.5, 0.6) is 0 Å². The molecule has 1 aliphatic heterocycles. The molecular formula is C11H13N5OS2. The molecule has 0 atom stereocenters. The number of amides is 1. The average Bonchev–Trinajstić information content (AvgIpc) is 3.09. The fourth-order valence-corrected chi connectivity index (χ4v) is 3.29. The Morgan fingerprint density at radius 2 is 2.05 bits per heavy atom. The lowest BCUT2D eigenvalue weighted by Crippen LogP contribution is -2.48. The lowest BCUT2D eigenvalue weighted by molar-refractivity contribution is 0.0741. The Balaban J connectivity index is 1.62. The minimum atomic E-state index is -0.0243. The van der Waals surface area contributed by atoms with Crippen molar-refractivity contribution in [3.63, 3.8) is 0 Å². The van der Waals surface area contributed by atoms with Gasteiger partial charge < -0.3 is 9.80 Å². The molecule has 0 spiro atoms. The molecule has 3 rings (SSSR count). The lowest BCUT2D eigenvalue weighted by Gasteiger charge is -2.34. The zero-order valence-electron chi connectivity index (χ0n) is 10.4. The molecule has 2 aromatic heterocycles. The van der Waals surface area contributed by atoms with Crippen molar-refractivity contribution in [2.45, 2.75) is 6.92 Å². The third kappa shape index (κ3) is 2.59. The van der Waals surface area contributed by atoms with Crippen LogP contribution in [0.2, 0.25) is 0 Å². The zero-order chi connectivity index (χ0) is 13.2. The maximum atomic E-state index is 12.1. The van der Waals surface area contributed by atoms with Gasteiger partial charge in [-0.2, -0.15) is 0 Å². The number of carbonyl (C=O) groups excluding carboxylic acids is 1. The van der Waals surface area contributed by atoms with E-state index >= 15 is 0 Å². The minimum Gasteiger partial charge on any atom is -0.345 e. The van der Waals surface area contributed by atoms with Crippen LogP contribution in [0.1, 0.15) is 16.2 Å². The molecule has 1 amide bonds. The largest absolute Gasteiger partial charge is 0.345 e. The Hall–Kier alpha value is -1.54. The number of aromatic nitrogens is 3. The monoisotopic (exact) mass is 295 g/mol. The summed E-state index contributed by atoms with van der Waals surface area (Å²) in [5.74, 6) is -0.0243. The number of nitrogens with zero attached hydrogens (tertiary/aromatic N) is 5. The van der Waals surface area contributed by atoms with Crippen molar-refractivity contribution in [3.8, 4) is 0 Å². The van der Waals surface area contributed by atoms with Crippen LogP contribution in [0.15, 0.2) is 10.8 Å². The number of anilines is 1. The van der Waals surface area contributed by atoms with Gasteiger partial charge in [-0.3, -0.25) is 4.79 Å². The van der Waals surface area contributed by atoms with Crippen molar-refractivity contribution in [2.24, 2.45) is 0 Å². The van der Waals surface area contributed by atoms with Gasteiger partial charge in [0, 0.05) is 36.9 Å². The Morgan fingerprint density at radius 1 is 1.26 bits per heavy atom. The van der Waals surface area contributed by atoms with Gasteiger partial charge in [0.2, 0.25) is 0 Å². The first-order valence-corrected chi connectivity index (χ1v) is 7.69. The molecule has 0 aliphatic carbocycles. The quantitative estimate of drug-likeness (QED) is 0.835. The lowest BCUT2D eigenvalue weighted by atomic mass is 10.3. The van der Waals surface area contributed by atoms with Crippen molar-refractivity contribution in [1.29, 1.82) is 0 Å². The van der Waals surface area contributed by atoms with Crippen LogP contribution in [0.4, 0.5) is 5.13 Å². The summed E-state index contributed by atoms with van der Waals surface area (Å²) in [5.41, 5.74) is 1.50. The van der Waals surface area contributed by atoms with E-state index in [0.717, 1.165) is 23.9 Å². The smallest absolute Gasteiger partial charge is 0.275 e. The second kappa shape index (κ2) is 5.22. The number of piperazine rings is 1. The molecular weight excluding hydrogens is 282 g/mol. The molecule has 8 heteroatoms. The van der Waals surface area contributed by atoms with Crippen LogP contribution in [0, 0.1) is 6.92 Å². The fourth-order valence-electron chi connectivity index (χ4n) is 2.01. The summed E-state index contributed by atoms with van der Waals surface area (Å²) in [6.07, 6.45) is 0. The molecule has 0 aromatic carbocycles. The van der Waals surface area contributed by atoms with Crippen molar-refractivity contribution >= 4 is 33.9 Å². The number of carbonyl (C=O) groups is 1. The van der Waals surface area contributed by atoms with Gasteiger partial charge in [0.1, 0.15) is 0 Å². The van der Waals surface area contributed by atoms with E-state index in [-0.39, 0.29) is 5.91 Å². The number of hydrogen-bond donors (Lipinski definition) is 0. The predicted octanol–water partition coefficient (Wildman–Crippen LogP) is 1.27. The van der Waals surface area contributed by atoms with Gasteiger partial charge in [0.05, 0.1) is 5.69 Å². The molecule has 1 fully saturated rings. The number of hydrogen-bond acceptors (Lipinski definition) is 7. The summed E-state index contributed by atoms with van der Waals surface area (Å²) < 4.78 is 3.73. The topological polar surface area (TPSA) is 62.2 Å². The van der Waals surface area contributed by atoms with E-state index in [4.69, 9.17) is 0 Å². The molecule has 3 heterocycles.